The number of amides is 2. The van der Waals surface area contributed by atoms with Crippen molar-refractivity contribution in [2.75, 3.05) is 20.2 Å². The Kier molecular flexibility index (Phi) is 5.01. The molecular weight excluding hydrogens is 324 g/mol. The van der Waals surface area contributed by atoms with Gasteiger partial charge in [-0.1, -0.05) is 0 Å². The summed E-state index contributed by atoms with van der Waals surface area (Å²) < 4.78 is 11.2. The number of carboxylic acid groups (broad SMARTS) is 1. The van der Waals surface area contributed by atoms with Crippen LogP contribution < -0.4 is 14.8 Å². The molecule has 3 rings (SSSR count). The van der Waals surface area contributed by atoms with Gasteiger partial charge >= 0.3 is 12.0 Å². The van der Waals surface area contributed by atoms with E-state index < -0.39 is 11.9 Å². The lowest BCUT2D eigenvalue weighted by atomic mass is 9.99. The molecule has 0 aliphatic carbocycles. The summed E-state index contributed by atoms with van der Waals surface area (Å²) in [6.45, 7) is 3.16. The Morgan fingerprint density at radius 1 is 1.44 bits per heavy atom. The topological polar surface area (TPSA) is 88.1 Å². The Balaban J connectivity index is 1.64. The average Bonchev–Trinajstić information content (AvgIpc) is 2.97. The molecule has 2 N–H and O–H groups in total. The Hall–Kier alpha value is -2.44. The van der Waals surface area contributed by atoms with Gasteiger partial charge in [0.1, 0.15) is 17.6 Å². The van der Waals surface area contributed by atoms with Gasteiger partial charge < -0.3 is 24.8 Å². The predicted molar refractivity (Wildman–Crippen MR) is 91.0 cm³/mol. The molecular formula is C18H24N2O5. The Morgan fingerprint density at radius 2 is 2.24 bits per heavy atom. The SMILES string of the molecule is COc1cc2c(cc1CNC(=O)N1CCCC(C(=O)O)C1)OC(C)C2. The first-order valence-electron chi connectivity index (χ1n) is 8.60. The molecule has 1 fully saturated rings. The normalized spacial score (nSPS) is 22.1. The van der Waals surface area contributed by atoms with Crippen molar-refractivity contribution in [1.29, 1.82) is 0 Å². The van der Waals surface area contributed by atoms with Crippen LogP contribution in [0.25, 0.3) is 0 Å². The van der Waals surface area contributed by atoms with Crippen molar-refractivity contribution in [3.05, 3.63) is 23.3 Å². The summed E-state index contributed by atoms with van der Waals surface area (Å²) >= 11 is 0. The first-order valence-corrected chi connectivity index (χ1v) is 8.60. The molecule has 0 saturated carbocycles. The summed E-state index contributed by atoms with van der Waals surface area (Å²) in [5.41, 5.74) is 1.95. The van der Waals surface area contributed by atoms with Gasteiger partial charge in [-0.2, -0.15) is 0 Å². The molecule has 2 unspecified atom stereocenters. The standard InChI is InChI=1S/C18H24N2O5/c1-11-6-13-7-15(24-2)14(8-16(13)25-11)9-19-18(23)20-5-3-4-12(10-20)17(21)22/h7-8,11-12H,3-6,9-10H2,1-2H3,(H,19,23)(H,21,22). The first kappa shape index (κ1) is 17.4. The third-order valence-corrected chi connectivity index (χ3v) is 4.79. The summed E-state index contributed by atoms with van der Waals surface area (Å²) in [5, 5.41) is 12.0. The molecule has 7 heteroatoms. The number of carboxylic acids is 1. The number of benzene rings is 1. The van der Waals surface area contributed by atoms with Gasteiger partial charge in [0.05, 0.1) is 13.0 Å². The van der Waals surface area contributed by atoms with Crippen LogP contribution in [0.1, 0.15) is 30.9 Å². The van der Waals surface area contributed by atoms with Gasteiger partial charge in [0.25, 0.3) is 0 Å². The molecule has 0 aromatic heterocycles. The van der Waals surface area contributed by atoms with Gasteiger partial charge in [-0.25, -0.2) is 4.79 Å². The number of urea groups is 1. The van der Waals surface area contributed by atoms with Crippen LogP contribution in [0.4, 0.5) is 4.79 Å². The summed E-state index contributed by atoms with van der Waals surface area (Å²) in [4.78, 5) is 25.1. The zero-order valence-corrected chi connectivity index (χ0v) is 14.6. The van der Waals surface area contributed by atoms with Crippen molar-refractivity contribution in [1.82, 2.24) is 10.2 Å². The highest BCUT2D eigenvalue weighted by molar-refractivity contribution is 5.76. The fourth-order valence-corrected chi connectivity index (χ4v) is 3.46. The van der Waals surface area contributed by atoms with E-state index in [0.29, 0.717) is 25.9 Å². The van der Waals surface area contributed by atoms with Crippen molar-refractivity contribution >= 4 is 12.0 Å². The third kappa shape index (κ3) is 3.81. The largest absolute Gasteiger partial charge is 0.496 e. The fourth-order valence-electron chi connectivity index (χ4n) is 3.46. The lowest BCUT2D eigenvalue weighted by Gasteiger charge is -2.30. The summed E-state index contributed by atoms with van der Waals surface area (Å²) in [6.07, 6.45) is 2.32. The Morgan fingerprint density at radius 3 is 2.96 bits per heavy atom. The molecule has 1 saturated heterocycles. The van der Waals surface area contributed by atoms with Crippen molar-refractivity contribution in [3.8, 4) is 11.5 Å². The molecule has 2 atom stereocenters. The van der Waals surface area contributed by atoms with E-state index in [1.165, 1.54) is 0 Å². The highest BCUT2D eigenvalue weighted by Gasteiger charge is 2.28. The number of likely N-dealkylation sites (tertiary alicyclic amines) is 1. The van der Waals surface area contributed by atoms with E-state index in [1.807, 2.05) is 19.1 Å². The van der Waals surface area contributed by atoms with Crippen LogP contribution in [0.2, 0.25) is 0 Å². The van der Waals surface area contributed by atoms with E-state index in [0.717, 1.165) is 29.0 Å². The molecule has 1 aromatic carbocycles. The average molecular weight is 348 g/mol. The molecule has 0 radical (unpaired) electrons. The van der Waals surface area contributed by atoms with Crippen molar-refractivity contribution in [2.45, 2.75) is 38.8 Å². The molecule has 0 spiro atoms. The number of ether oxygens (including phenoxy) is 2. The molecule has 1 aromatic rings. The van der Waals surface area contributed by atoms with Gasteiger partial charge in [0, 0.05) is 37.2 Å². The zero-order chi connectivity index (χ0) is 18.0. The number of aliphatic carboxylic acids is 1. The van der Waals surface area contributed by atoms with Gasteiger partial charge in [-0.3, -0.25) is 4.79 Å². The second kappa shape index (κ2) is 7.21. The molecule has 2 heterocycles. The van der Waals surface area contributed by atoms with Crippen LogP contribution in [0.5, 0.6) is 11.5 Å². The number of carbonyl (C=O) groups is 2. The number of rotatable bonds is 4. The maximum absolute atomic E-state index is 12.4. The van der Waals surface area contributed by atoms with Crippen LogP contribution in [0.15, 0.2) is 12.1 Å². The van der Waals surface area contributed by atoms with Crippen LogP contribution in [0, 0.1) is 5.92 Å². The van der Waals surface area contributed by atoms with E-state index >= 15 is 0 Å². The van der Waals surface area contributed by atoms with Crippen molar-refractivity contribution in [2.24, 2.45) is 5.92 Å². The summed E-state index contributed by atoms with van der Waals surface area (Å²) in [6, 6.07) is 3.62. The molecule has 7 nitrogen and oxygen atoms in total. The van der Waals surface area contributed by atoms with Crippen LogP contribution in [0.3, 0.4) is 0 Å². The maximum atomic E-state index is 12.4. The van der Waals surface area contributed by atoms with Gasteiger partial charge in [0.2, 0.25) is 0 Å². The first-order chi connectivity index (χ1) is 12.0. The van der Waals surface area contributed by atoms with Crippen LogP contribution >= 0.6 is 0 Å². The second-order valence-electron chi connectivity index (χ2n) is 6.69. The molecule has 136 valence electrons. The Bertz CT molecular complexity index is 676. The monoisotopic (exact) mass is 348 g/mol. The summed E-state index contributed by atoms with van der Waals surface area (Å²) in [7, 11) is 1.61. The van der Waals surface area contributed by atoms with Gasteiger partial charge in [-0.15, -0.1) is 0 Å². The summed E-state index contributed by atoms with van der Waals surface area (Å²) in [5.74, 6) is 0.230. The molecule has 2 aliphatic heterocycles. The van der Waals surface area contributed by atoms with Crippen LogP contribution in [-0.4, -0.2) is 48.3 Å². The maximum Gasteiger partial charge on any atom is 0.317 e. The minimum atomic E-state index is -0.843. The predicted octanol–water partition coefficient (Wildman–Crippen LogP) is 2.02. The Labute approximate surface area is 146 Å². The van der Waals surface area contributed by atoms with E-state index in [1.54, 1.807) is 12.0 Å². The quantitative estimate of drug-likeness (QED) is 0.869. The number of methoxy groups -OCH3 is 1. The van der Waals surface area contributed by atoms with Crippen LogP contribution in [-0.2, 0) is 17.8 Å². The number of piperidine rings is 1. The number of carbonyl (C=O) groups excluding carboxylic acids is 1. The molecule has 2 aliphatic rings. The smallest absolute Gasteiger partial charge is 0.317 e. The minimum absolute atomic E-state index is 0.144. The van der Waals surface area contributed by atoms with Crippen molar-refractivity contribution in [3.63, 3.8) is 0 Å². The highest BCUT2D eigenvalue weighted by atomic mass is 16.5. The third-order valence-electron chi connectivity index (χ3n) is 4.79. The number of hydrogen-bond donors (Lipinski definition) is 2. The lowest BCUT2D eigenvalue weighted by molar-refractivity contribution is -0.143. The van der Waals surface area contributed by atoms with Gasteiger partial charge in [0.15, 0.2) is 0 Å². The highest BCUT2D eigenvalue weighted by Crippen LogP contribution is 2.35. The molecule has 0 bridgehead atoms. The van der Waals surface area contributed by atoms with E-state index in [9.17, 15) is 9.59 Å². The molecule has 2 amide bonds. The van der Waals surface area contributed by atoms with Gasteiger partial charge in [-0.05, 0) is 31.9 Å². The van der Waals surface area contributed by atoms with Crippen molar-refractivity contribution < 1.29 is 24.2 Å². The fraction of sp³-hybridized carbons (Fsp3) is 0.556. The lowest BCUT2D eigenvalue weighted by Crippen LogP contribution is -2.46. The van der Waals surface area contributed by atoms with E-state index in [4.69, 9.17) is 14.6 Å². The number of nitrogens with zero attached hydrogens (tertiary/aromatic N) is 1. The second-order valence-corrected chi connectivity index (χ2v) is 6.69. The minimum Gasteiger partial charge on any atom is -0.496 e. The zero-order valence-electron chi connectivity index (χ0n) is 14.6. The number of nitrogens with one attached hydrogen (secondary N) is 1. The van der Waals surface area contributed by atoms with E-state index in [-0.39, 0.29) is 18.7 Å². The number of hydrogen-bond acceptors (Lipinski definition) is 4. The van der Waals surface area contributed by atoms with E-state index in [2.05, 4.69) is 5.32 Å². The molecule has 25 heavy (non-hydrogen) atoms. The number of fused-ring (bicyclic) bond motifs is 1.